The number of nitrogens with zero attached hydrogens (tertiary/aromatic N) is 6. The summed E-state index contributed by atoms with van der Waals surface area (Å²) < 4.78 is 4.28. The summed E-state index contributed by atoms with van der Waals surface area (Å²) in [5, 5.41) is 2.91. The van der Waals surface area contributed by atoms with Gasteiger partial charge in [0.25, 0.3) is 0 Å². The molecule has 1 atom stereocenters. The van der Waals surface area contributed by atoms with Gasteiger partial charge in [0, 0.05) is 29.5 Å². The Morgan fingerprint density at radius 1 is 0.931 bits per heavy atom. The first-order valence-corrected chi connectivity index (χ1v) is 10.2. The zero-order valence-corrected chi connectivity index (χ0v) is 16.6. The molecule has 1 unspecified atom stereocenters. The van der Waals surface area contributed by atoms with Crippen LogP contribution in [0.1, 0.15) is 18.7 Å². The highest BCUT2D eigenvalue weighted by Crippen LogP contribution is 2.36. The maximum Gasteiger partial charge on any atom is 0.194 e. The monoisotopic (exact) mass is 398 g/mol. The van der Waals surface area contributed by atoms with Gasteiger partial charge in [-0.15, -0.1) is 11.3 Å². The first kappa shape index (κ1) is 17.5. The van der Waals surface area contributed by atoms with Crippen molar-refractivity contribution in [2.24, 2.45) is 0 Å². The fraction of sp³-hybridized carbons (Fsp3) is 0.0909. The van der Waals surface area contributed by atoms with Crippen LogP contribution in [0.5, 0.6) is 0 Å². The van der Waals surface area contributed by atoms with Gasteiger partial charge in [-0.3, -0.25) is 4.57 Å². The SMILES string of the molecule is CC(c1ccncn1)n1cnc(-c2ccccc2)c1-c1cccn1-c1nccs1. The Morgan fingerprint density at radius 2 is 1.83 bits per heavy atom. The van der Waals surface area contributed by atoms with E-state index in [0.717, 1.165) is 33.5 Å². The number of rotatable bonds is 5. The first-order chi connectivity index (χ1) is 14.3. The van der Waals surface area contributed by atoms with Crippen LogP contribution in [-0.2, 0) is 0 Å². The number of imidazole rings is 1. The molecular weight excluding hydrogens is 380 g/mol. The van der Waals surface area contributed by atoms with Crippen LogP contribution in [-0.4, -0.2) is 29.1 Å². The fourth-order valence-electron chi connectivity index (χ4n) is 3.48. The van der Waals surface area contributed by atoms with E-state index in [1.165, 1.54) is 0 Å². The van der Waals surface area contributed by atoms with Crippen molar-refractivity contribution >= 4 is 11.3 Å². The predicted molar refractivity (Wildman–Crippen MR) is 114 cm³/mol. The minimum Gasteiger partial charge on any atom is -0.320 e. The quantitative estimate of drug-likeness (QED) is 0.424. The van der Waals surface area contributed by atoms with E-state index in [0.29, 0.717) is 0 Å². The lowest BCUT2D eigenvalue weighted by Crippen LogP contribution is -2.10. The van der Waals surface area contributed by atoms with Gasteiger partial charge in [-0.1, -0.05) is 30.3 Å². The molecule has 0 amide bonds. The van der Waals surface area contributed by atoms with E-state index in [2.05, 4.69) is 49.2 Å². The molecule has 0 saturated carbocycles. The van der Waals surface area contributed by atoms with Crippen LogP contribution < -0.4 is 0 Å². The van der Waals surface area contributed by atoms with Crippen LogP contribution in [0.2, 0.25) is 0 Å². The number of benzene rings is 1. The van der Waals surface area contributed by atoms with Gasteiger partial charge in [0.15, 0.2) is 5.13 Å². The van der Waals surface area contributed by atoms with Gasteiger partial charge in [-0.2, -0.15) is 0 Å². The predicted octanol–water partition coefficient (Wildman–Crippen LogP) is 4.86. The largest absolute Gasteiger partial charge is 0.320 e. The van der Waals surface area contributed by atoms with Crippen molar-refractivity contribution in [2.75, 3.05) is 0 Å². The van der Waals surface area contributed by atoms with Crippen LogP contribution in [0.4, 0.5) is 0 Å². The van der Waals surface area contributed by atoms with Crippen molar-refractivity contribution in [2.45, 2.75) is 13.0 Å². The second-order valence-corrected chi connectivity index (χ2v) is 7.48. The lowest BCUT2D eigenvalue weighted by Gasteiger charge is -2.18. The molecule has 0 radical (unpaired) electrons. The molecule has 0 spiro atoms. The van der Waals surface area contributed by atoms with E-state index in [1.54, 1.807) is 23.9 Å². The van der Waals surface area contributed by atoms with E-state index in [1.807, 2.05) is 54.4 Å². The third kappa shape index (κ3) is 3.15. The molecule has 0 aliphatic carbocycles. The third-order valence-corrected chi connectivity index (χ3v) is 5.68. The summed E-state index contributed by atoms with van der Waals surface area (Å²) in [7, 11) is 0. The maximum atomic E-state index is 4.80. The lowest BCUT2D eigenvalue weighted by molar-refractivity contribution is 0.622. The lowest BCUT2D eigenvalue weighted by atomic mass is 10.1. The third-order valence-electron chi connectivity index (χ3n) is 4.91. The molecular formula is C22H18N6S. The van der Waals surface area contributed by atoms with Crippen molar-refractivity contribution in [3.05, 3.63) is 90.9 Å². The van der Waals surface area contributed by atoms with Crippen LogP contribution in [0, 0.1) is 0 Å². The van der Waals surface area contributed by atoms with E-state index in [4.69, 9.17) is 4.98 Å². The average Bonchev–Trinajstić information content (AvgIpc) is 3.54. The molecule has 0 saturated heterocycles. The van der Waals surface area contributed by atoms with Crippen molar-refractivity contribution in [1.82, 2.24) is 29.1 Å². The summed E-state index contributed by atoms with van der Waals surface area (Å²) in [6.45, 7) is 2.12. The summed E-state index contributed by atoms with van der Waals surface area (Å²) in [5.41, 5.74) is 5.01. The van der Waals surface area contributed by atoms with Crippen molar-refractivity contribution < 1.29 is 0 Å². The molecule has 0 bridgehead atoms. The van der Waals surface area contributed by atoms with E-state index < -0.39 is 0 Å². The Labute approximate surface area is 172 Å². The molecule has 4 aromatic heterocycles. The van der Waals surface area contributed by atoms with Crippen LogP contribution in [0.3, 0.4) is 0 Å². The maximum absolute atomic E-state index is 4.80. The normalized spacial score (nSPS) is 12.2. The summed E-state index contributed by atoms with van der Waals surface area (Å²) in [6.07, 6.45) is 9.10. The van der Waals surface area contributed by atoms with Crippen molar-refractivity contribution in [3.8, 4) is 27.8 Å². The second kappa shape index (κ2) is 7.44. The molecule has 142 valence electrons. The average molecular weight is 398 g/mol. The second-order valence-electron chi connectivity index (χ2n) is 6.60. The van der Waals surface area contributed by atoms with E-state index in [9.17, 15) is 0 Å². The topological polar surface area (TPSA) is 61.4 Å². The standard InChI is InChI=1S/C22H18N6S/c1-16(18-9-10-23-14-25-18)28-15-26-20(17-6-3-2-4-7-17)21(28)19-8-5-12-27(19)22-24-11-13-29-22/h2-16H,1H3. The van der Waals surface area contributed by atoms with Gasteiger partial charge in [-0.05, 0) is 25.1 Å². The molecule has 1 aromatic carbocycles. The van der Waals surface area contributed by atoms with Gasteiger partial charge < -0.3 is 4.57 Å². The molecule has 4 heterocycles. The molecule has 7 heteroatoms. The summed E-state index contributed by atoms with van der Waals surface area (Å²) in [5.74, 6) is 0. The Morgan fingerprint density at radius 3 is 2.59 bits per heavy atom. The number of thiazole rings is 1. The van der Waals surface area contributed by atoms with Gasteiger partial charge in [0.05, 0.1) is 35.1 Å². The van der Waals surface area contributed by atoms with Gasteiger partial charge in [-0.25, -0.2) is 19.9 Å². The summed E-state index contributed by atoms with van der Waals surface area (Å²) in [6, 6.07) is 16.3. The minimum absolute atomic E-state index is 0.00222. The Bertz CT molecular complexity index is 1210. The molecule has 0 aliphatic heterocycles. The highest BCUT2D eigenvalue weighted by Gasteiger charge is 2.22. The summed E-state index contributed by atoms with van der Waals surface area (Å²) in [4.78, 5) is 17.8. The molecule has 0 fully saturated rings. The molecule has 5 rings (SSSR count). The zero-order chi connectivity index (χ0) is 19.6. The molecule has 5 aromatic rings. The number of hydrogen-bond acceptors (Lipinski definition) is 5. The molecule has 6 nitrogen and oxygen atoms in total. The van der Waals surface area contributed by atoms with Gasteiger partial charge >= 0.3 is 0 Å². The Balaban J connectivity index is 1.73. The zero-order valence-electron chi connectivity index (χ0n) is 15.8. The molecule has 0 N–H and O–H groups in total. The van der Waals surface area contributed by atoms with Crippen LogP contribution in [0.15, 0.2) is 85.2 Å². The highest BCUT2D eigenvalue weighted by atomic mass is 32.1. The van der Waals surface area contributed by atoms with Gasteiger partial charge in [0.1, 0.15) is 6.33 Å². The minimum atomic E-state index is -0.00222. The molecule has 0 aliphatic rings. The number of hydrogen-bond donors (Lipinski definition) is 0. The van der Waals surface area contributed by atoms with E-state index >= 15 is 0 Å². The Kier molecular flexibility index (Phi) is 4.50. The fourth-order valence-corrected chi connectivity index (χ4v) is 4.12. The van der Waals surface area contributed by atoms with Crippen molar-refractivity contribution in [3.63, 3.8) is 0 Å². The van der Waals surface area contributed by atoms with Crippen molar-refractivity contribution in [1.29, 1.82) is 0 Å². The smallest absolute Gasteiger partial charge is 0.194 e. The molecule has 29 heavy (non-hydrogen) atoms. The number of aromatic nitrogens is 6. The van der Waals surface area contributed by atoms with Crippen LogP contribution >= 0.6 is 11.3 Å². The van der Waals surface area contributed by atoms with Gasteiger partial charge in [0.2, 0.25) is 0 Å². The van der Waals surface area contributed by atoms with Crippen LogP contribution in [0.25, 0.3) is 27.8 Å². The highest BCUT2D eigenvalue weighted by molar-refractivity contribution is 7.12. The first-order valence-electron chi connectivity index (χ1n) is 9.28. The summed E-state index contributed by atoms with van der Waals surface area (Å²) >= 11 is 1.61. The Hall–Kier alpha value is -3.58. The van der Waals surface area contributed by atoms with E-state index in [-0.39, 0.29) is 6.04 Å².